The van der Waals surface area contributed by atoms with E-state index >= 15 is 0 Å². The second-order valence-electron chi connectivity index (χ2n) is 3.93. The molecule has 68 valence electrons. The number of benzene rings is 1. The summed E-state index contributed by atoms with van der Waals surface area (Å²) in [5, 5.41) is 0. The fourth-order valence-electron chi connectivity index (χ4n) is 2.12. The Kier molecular flexibility index (Phi) is 1.95. The lowest BCUT2D eigenvalue weighted by molar-refractivity contribution is -0.118. The molecule has 0 unspecified atom stereocenters. The maximum absolute atomic E-state index is 11.3. The summed E-state index contributed by atoms with van der Waals surface area (Å²) in [7, 11) is 0. The van der Waals surface area contributed by atoms with Gasteiger partial charge in [0.25, 0.3) is 0 Å². The lowest BCUT2D eigenvalue weighted by Crippen LogP contribution is -2.14. The van der Waals surface area contributed by atoms with Crippen molar-refractivity contribution in [2.75, 3.05) is 0 Å². The number of hydrogen-bond acceptors (Lipinski definition) is 1. The fraction of sp³-hybridized carbons (Fsp3) is 0.417. The molecule has 1 aromatic carbocycles. The minimum Gasteiger partial charge on any atom is -0.299 e. The van der Waals surface area contributed by atoms with Gasteiger partial charge in [-0.05, 0) is 37.0 Å². The van der Waals surface area contributed by atoms with E-state index in [0.717, 1.165) is 12.8 Å². The van der Waals surface area contributed by atoms with Crippen molar-refractivity contribution in [1.29, 1.82) is 0 Å². The summed E-state index contributed by atoms with van der Waals surface area (Å²) in [6.45, 7) is 4.22. The molecule has 0 spiro atoms. The van der Waals surface area contributed by atoms with E-state index in [0.29, 0.717) is 12.2 Å². The van der Waals surface area contributed by atoms with Crippen LogP contribution >= 0.6 is 0 Å². The van der Waals surface area contributed by atoms with Crippen molar-refractivity contribution in [3.8, 4) is 0 Å². The summed E-state index contributed by atoms with van der Waals surface area (Å²) in [5.74, 6) is 0.388. The van der Waals surface area contributed by atoms with E-state index in [2.05, 4.69) is 26.0 Å². The summed E-state index contributed by atoms with van der Waals surface area (Å²) >= 11 is 0. The standard InChI is InChI=1S/C12H14O/c1-8-5-9(2)12-7-11(13)4-3-10(12)6-8/h5-6H,3-4,7H2,1-2H3. The molecule has 0 fully saturated rings. The van der Waals surface area contributed by atoms with Gasteiger partial charge in [-0.25, -0.2) is 0 Å². The van der Waals surface area contributed by atoms with Crippen molar-refractivity contribution in [3.63, 3.8) is 0 Å². The van der Waals surface area contributed by atoms with Crippen molar-refractivity contribution in [2.45, 2.75) is 33.1 Å². The first kappa shape index (κ1) is 8.49. The van der Waals surface area contributed by atoms with Gasteiger partial charge in [0, 0.05) is 12.8 Å². The maximum Gasteiger partial charge on any atom is 0.137 e. The Labute approximate surface area is 78.8 Å². The third-order valence-electron chi connectivity index (χ3n) is 2.76. The van der Waals surface area contributed by atoms with Crippen LogP contribution in [0.3, 0.4) is 0 Å². The molecule has 0 N–H and O–H groups in total. The Morgan fingerprint density at radius 1 is 1.15 bits per heavy atom. The van der Waals surface area contributed by atoms with Crippen LogP contribution in [0.5, 0.6) is 0 Å². The summed E-state index contributed by atoms with van der Waals surface area (Å²) in [5.41, 5.74) is 5.26. The van der Waals surface area contributed by atoms with Gasteiger partial charge in [-0.3, -0.25) is 4.79 Å². The summed E-state index contributed by atoms with van der Waals surface area (Å²) in [4.78, 5) is 11.3. The van der Waals surface area contributed by atoms with Crippen LogP contribution in [0.4, 0.5) is 0 Å². The Balaban J connectivity index is 2.53. The number of hydrogen-bond donors (Lipinski definition) is 0. The highest BCUT2D eigenvalue weighted by Gasteiger charge is 2.16. The lowest BCUT2D eigenvalue weighted by atomic mass is 9.87. The van der Waals surface area contributed by atoms with Gasteiger partial charge in [-0.1, -0.05) is 17.7 Å². The van der Waals surface area contributed by atoms with Gasteiger partial charge in [0.1, 0.15) is 5.78 Å². The molecule has 1 nitrogen and oxygen atoms in total. The summed E-state index contributed by atoms with van der Waals surface area (Å²) in [6, 6.07) is 4.38. The Bertz CT molecular complexity index is 364. The molecule has 0 aromatic heterocycles. The number of aryl methyl sites for hydroxylation is 3. The van der Waals surface area contributed by atoms with Gasteiger partial charge in [0.2, 0.25) is 0 Å². The van der Waals surface area contributed by atoms with E-state index in [1.165, 1.54) is 22.3 Å². The molecule has 0 amide bonds. The second kappa shape index (κ2) is 2.99. The van der Waals surface area contributed by atoms with Gasteiger partial charge in [-0.2, -0.15) is 0 Å². The van der Waals surface area contributed by atoms with E-state index in [1.54, 1.807) is 0 Å². The minimum atomic E-state index is 0.388. The SMILES string of the molecule is Cc1cc(C)c2c(c1)CCC(=O)C2. The predicted molar refractivity (Wildman–Crippen MR) is 52.9 cm³/mol. The van der Waals surface area contributed by atoms with Crippen molar-refractivity contribution < 1.29 is 4.79 Å². The van der Waals surface area contributed by atoms with E-state index in [1.807, 2.05) is 0 Å². The third kappa shape index (κ3) is 1.51. The van der Waals surface area contributed by atoms with Crippen LogP contribution in [0.2, 0.25) is 0 Å². The molecular weight excluding hydrogens is 160 g/mol. The number of fused-ring (bicyclic) bond motifs is 1. The maximum atomic E-state index is 11.3. The van der Waals surface area contributed by atoms with Gasteiger partial charge in [0.05, 0.1) is 0 Å². The van der Waals surface area contributed by atoms with Gasteiger partial charge < -0.3 is 0 Å². The van der Waals surface area contributed by atoms with Crippen LogP contribution in [0.1, 0.15) is 28.7 Å². The van der Waals surface area contributed by atoms with Crippen molar-refractivity contribution in [1.82, 2.24) is 0 Å². The van der Waals surface area contributed by atoms with Crippen LogP contribution in [-0.2, 0) is 17.6 Å². The van der Waals surface area contributed by atoms with Gasteiger partial charge in [-0.15, -0.1) is 0 Å². The molecule has 1 heteroatoms. The van der Waals surface area contributed by atoms with E-state index < -0.39 is 0 Å². The van der Waals surface area contributed by atoms with Crippen LogP contribution in [0.15, 0.2) is 12.1 Å². The molecule has 0 aliphatic heterocycles. The zero-order chi connectivity index (χ0) is 9.42. The molecule has 0 saturated carbocycles. The molecule has 13 heavy (non-hydrogen) atoms. The molecule has 1 aliphatic rings. The topological polar surface area (TPSA) is 17.1 Å². The Morgan fingerprint density at radius 3 is 2.69 bits per heavy atom. The normalized spacial score (nSPS) is 15.7. The summed E-state index contributed by atoms with van der Waals surface area (Å²) in [6.07, 6.45) is 2.33. The monoisotopic (exact) mass is 174 g/mol. The van der Waals surface area contributed by atoms with Gasteiger partial charge in [0.15, 0.2) is 0 Å². The largest absolute Gasteiger partial charge is 0.299 e. The molecule has 0 atom stereocenters. The molecular formula is C12H14O. The smallest absolute Gasteiger partial charge is 0.137 e. The zero-order valence-corrected chi connectivity index (χ0v) is 8.18. The van der Waals surface area contributed by atoms with Crippen LogP contribution in [0.25, 0.3) is 0 Å². The molecule has 0 heterocycles. The Morgan fingerprint density at radius 2 is 1.92 bits per heavy atom. The first-order valence-corrected chi connectivity index (χ1v) is 4.77. The number of carbonyl (C=O) groups excluding carboxylic acids is 1. The average molecular weight is 174 g/mol. The second-order valence-corrected chi connectivity index (χ2v) is 3.93. The fourth-order valence-corrected chi connectivity index (χ4v) is 2.12. The average Bonchev–Trinajstić information content (AvgIpc) is 2.06. The molecule has 0 bridgehead atoms. The quantitative estimate of drug-likeness (QED) is 0.590. The Hall–Kier alpha value is -1.11. The van der Waals surface area contributed by atoms with E-state index in [4.69, 9.17) is 0 Å². The van der Waals surface area contributed by atoms with E-state index in [-0.39, 0.29) is 0 Å². The molecule has 0 saturated heterocycles. The third-order valence-corrected chi connectivity index (χ3v) is 2.76. The predicted octanol–water partition coefficient (Wildman–Crippen LogP) is 2.36. The first-order chi connectivity index (χ1) is 6.16. The van der Waals surface area contributed by atoms with Crippen molar-refractivity contribution in [3.05, 3.63) is 34.4 Å². The minimum absolute atomic E-state index is 0.388. The highest BCUT2D eigenvalue weighted by molar-refractivity contribution is 5.83. The lowest BCUT2D eigenvalue weighted by Gasteiger charge is -2.17. The summed E-state index contributed by atoms with van der Waals surface area (Å²) < 4.78 is 0. The van der Waals surface area contributed by atoms with Crippen molar-refractivity contribution in [2.24, 2.45) is 0 Å². The van der Waals surface area contributed by atoms with Gasteiger partial charge >= 0.3 is 0 Å². The van der Waals surface area contributed by atoms with Crippen LogP contribution in [-0.4, -0.2) is 5.78 Å². The van der Waals surface area contributed by atoms with E-state index in [9.17, 15) is 4.79 Å². The number of carbonyl (C=O) groups is 1. The van der Waals surface area contributed by atoms with Crippen LogP contribution < -0.4 is 0 Å². The zero-order valence-electron chi connectivity index (χ0n) is 8.18. The first-order valence-electron chi connectivity index (χ1n) is 4.77. The number of rotatable bonds is 0. The molecule has 0 radical (unpaired) electrons. The van der Waals surface area contributed by atoms with Crippen LogP contribution in [0, 0.1) is 13.8 Å². The van der Waals surface area contributed by atoms with Crippen molar-refractivity contribution >= 4 is 5.78 Å². The number of Topliss-reactive ketones (excluding diaryl/α,β-unsaturated/α-hetero) is 1. The molecule has 1 aromatic rings. The molecule has 2 rings (SSSR count). The molecule has 1 aliphatic carbocycles. The highest BCUT2D eigenvalue weighted by Crippen LogP contribution is 2.23. The number of ketones is 1. The highest BCUT2D eigenvalue weighted by atomic mass is 16.1.